The molecule has 0 spiro atoms. The number of hydrogen-bond acceptors (Lipinski definition) is 5. The molecular weight excluding hydrogens is 380 g/mol. The third-order valence-electron chi connectivity index (χ3n) is 4.94. The number of unbranched alkanes of at least 4 members (excludes halogenated alkanes) is 1. The molecule has 8 heteroatoms. The summed E-state index contributed by atoms with van der Waals surface area (Å²) in [4.78, 5) is 12.1. The van der Waals surface area contributed by atoms with Gasteiger partial charge in [-0.2, -0.15) is 0 Å². The van der Waals surface area contributed by atoms with Gasteiger partial charge in [0.05, 0.1) is 11.9 Å². The van der Waals surface area contributed by atoms with Crippen LogP contribution >= 0.6 is 0 Å². The topological polar surface area (TPSA) is 84.9 Å². The van der Waals surface area contributed by atoms with Gasteiger partial charge in [-0.15, -0.1) is 0 Å². The van der Waals surface area contributed by atoms with Crippen molar-refractivity contribution in [1.82, 2.24) is 5.32 Å². The monoisotopic (exact) mass is 412 g/mol. The summed E-state index contributed by atoms with van der Waals surface area (Å²) >= 11 is 0. The smallest absolute Gasteiger partial charge is 0.232 e. The van der Waals surface area contributed by atoms with Crippen LogP contribution in [0.1, 0.15) is 52.4 Å². The number of benzene rings is 1. The number of ether oxygens (including phenoxy) is 2. The zero-order chi connectivity index (χ0) is 20.6. The largest absolute Gasteiger partial charge is 0.454 e. The number of nitrogens with one attached hydrogen (secondary N) is 1. The Labute approximate surface area is 168 Å². The molecule has 2 rings (SSSR count). The summed E-state index contributed by atoms with van der Waals surface area (Å²) in [5.74, 6) is 1.60. The normalized spacial score (nSPS) is 14.0. The highest BCUT2D eigenvalue weighted by molar-refractivity contribution is 7.92. The predicted octanol–water partition coefficient (Wildman–Crippen LogP) is 3.29. The summed E-state index contributed by atoms with van der Waals surface area (Å²) in [6.07, 6.45) is 6.40. The summed E-state index contributed by atoms with van der Waals surface area (Å²) in [6.45, 7) is 5.36. The van der Waals surface area contributed by atoms with E-state index in [4.69, 9.17) is 9.47 Å². The molecule has 1 heterocycles. The van der Waals surface area contributed by atoms with Gasteiger partial charge >= 0.3 is 0 Å². The first-order chi connectivity index (χ1) is 13.3. The van der Waals surface area contributed by atoms with Crippen molar-refractivity contribution >= 4 is 21.6 Å². The van der Waals surface area contributed by atoms with Gasteiger partial charge < -0.3 is 14.8 Å². The molecular formula is C20H32N2O5S. The van der Waals surface area contributed by atoms with E-state index >= 15 is 0 Å². The Bertz CT molecular complexity index is 751. The van der Waals surface area contributed by atoms with Gasteiger partial charge in [0.2, 0.25) is 22.7 Å². The van der Waals surface area contributed by atoms with E-state index in [1.54, 1.807) is 18.2 Å². The molecule has 1 atom stereocenters. The molecule has 1 aromatic rings. The van der Waals surface area contributed by atoms with Gasteiger partial charge in [-0.05, 0) is 30.9 Å². The summed E-state index contributed by atoms with van der Waals surface area (Å²) in [6, 6.07) is 5.04. The number of fused-ring (bicyclic) bond motifs is 1. The lowest BCUT2D eigenvalue weighted by Gasteiger charge is -2.22. The molecule has 0 radical (unpaired) electrons. The Morgan fingerprint density at radius 2 is 1.96 bits per heavy atom. The third kappa shape index (κ3) is 6.58. The van der Waals surface area contributed by atoms with Crippen molar-refractivity contribution in [2.24, 2.45) is 5.92 Å². The number of anilines is 1. The molecule has 0 bridgehead atoms. The van der Waals surface area contributed by atoms with Crippen molar-refractivity contribution in [3.05, 3.63) is 18.2 Å². The molecule has 0 aliphatic carbocycles. The van der Waals surface area contributed by atoms with E-state index in [9.17, 15) is 13.2 Å². The third-order valence-corrected chi connectivity index (χ3v) is 6.13. The van der Waals surface area contributed by atoms with E-state index in [1.807, 2.05) is 0 Å². The van der Waals surface area contributed by atoms with Crippen molar-refractivity contribution in [3.63, 3.8) is 0 Å². The van der Waals surface area contributed by atoms with Crippen LogP contribution in [-0.4, -0.2) is 40.5 Å². The average molecular weight is 413 g/mol. The van der Waals surface area contributed by atoms with Crippen LogP contribution in [0.15, 0.2) is 18.2 Å². The molecule has 7 nitrogen and oxygen atoms in total. The molecule has 1 aliphatic heterocycles. The highest BCUT2D eigenvalue weighted by Gasteiger charge is 2.21. The molecule has 1 amide bonds. The van der Waals surface area contributed by atoms with Gasteiger partial charge in [0, 0.05) is 25.6 Å². The SMILES string of the molecule is CCCCC(CC)CNC(=O)CCCN(c1ccc2c(c1)OCO2)S(C)(=O)=O. The first-order valence-corrected chi connectivity index (χ1v) is 11.8. The molecule has 1 unspecified atom stereocenters. The Morgan fingerprint density at radius 1 is 1.21 bits per heavy atom. The summed E-state index contributed by atoms with van der Waals surface area (Å²) in [7, 11) is -3.47. The van der Waals surface area contributed by atoms with Crippen molar-refractivity contribution in [2.75, 3.05) is 30.4 Å². The van der Waals surface area contributed by atoms with E-state index in [0.29, 0.717) is 42.5 Å². The van der Waals surface area contributed by atoms with Crippen LogP contribution in [0.3, 0.4) is 0 Å². The Morgan fingerprint density at radius 3 is 2.64 bits per heavy atom. The number of hydrogen-bond donors (Lipinski definition) is 1. The predicted molar refractivity (Wildman–Crippen MR) is 110 cm³/mol. The highest BCUT2D eigenvalue weighted by Crippen LogP contribution is 2.36. The minimum Gasteiger partial charge on any atom is -0.454 e. The van der Waals surface area contributed by atoms with E-state index in [1.165, 1.54) is 10.7 Å². The zero-order valence-electron chi connectivity index (χ0n) is 17.1. The molecule has 158 valence electrons. The summed E-state index contributed by atoms with van der Waals surface area (Å²) < 4.78 is 36.3. The minimum absolute atomic E-state index is 0.0333. The maximum absolute atomic E-state index is 12.2. The van der Waals surface area contributed by atoms with Gasteiger partial charge in [0.15, 0.2) is 11.5 Å². The standard InChI is InChI=1S/C20H32N2O5S/c1-4-6-8-16(5-2)14-21-20(23)9-7-12-22(28(3,24)25)17-10-11-18-19(13-17)27-15-26-18/h10-11,13,16H,4-9,12,14-15H2,1-3H3,(H,21,23). The molecule has 1 aliphatic rings. The maximum atomic E-state index is 12.2. The lowest BCUT2D eigenvalue weighted by Crippen LogP contribution is -2.33. The molecule has 0 aromatic heterocycles. The first-order valence-electron chi connectivity index (χ1n) is 9.99. The fraction of sp³-hybridized carbons (Fsp3) is 0.650. The van der Waals surface area contributed by atoms with Gasteiger partial charge in [-0.1, -0.05) is 33.1 Å². The molecule has 0 saturated heterocycles. The number of carbonyl (C=O) groups is 1. The highest BCUT2D eigenvalue weighted by atomic mass is 32.2. The quantitative estimate of drug-likeness (QED) is 0.569. The van der Waals surface area contributed by atoms with E-state index in [-0.39, 0.29) is 19.2 Å². The van der Waals surface area contributed by atoms with E-state index in [2.05, 4.69) is 19.2 Å². The van der Waals surface area contributed by atoms with Gasteiger partial charge in [-0.3, -0.25) is 9.10 Å². The fourth-order valence-corrected chi connectivity index (χ4v) is 4.16. The van der Waals surface area contributed by atoms with Crippen LogP contribution in [-0.2, 0) is 14.8 Å². The molecule has 1 N–H and O–H groups in total. The number of sulfonamides is 1. The number of nitrogens with zero attached hydrogens (tertiary/aromatic N) is 1. The number of rotatable bonds is 12. The van der Waals surface area contributed by atoms with Crippen molar-refractivity contribution in [3.8, 4) is 11.5 Å². The summed E-state index contributed by atoms with van der Waals surface area (Å²) in [5.41, 5.74) is 0.512. The van der Waals surface area contributed by atoms with Gasteiger partial charge in [-0.25, -0.2) is 8.42 Å². The fourth-order valence-electron chi connectivity index (χ4n) is 3.20. The maximum Gasteiger partial charge on any atom is 0.232 e. The second kappa shape index (κ2) is 10.5. The van der Waals surface area contributed by atoms with Crippen LogP contribution < -0.4 is 19.1 Å². The minimum atomic E-state index is -3.47. The lowest BCUT2D eigenvalue weighted by molar-refractivity contribution is -0.121. The van der Waals surface area contributed by atoms with Gasteiger partial charge in [0.1, 0.15) is 0 Å². The van der Waals surface area contributed by atoms with Crippen LogP contribution in [0.4, 0.5) is 5.69 Å². The van der Waals surface area contributed by atoms with Crippen LogP contribution in [0, 0.1) is 5.92 Å². The lowest BCUT2D eigenvalue weighted by atomic mass is 9.99. The van der Waals surface area contributed by atoms with Crippen molar-refractivity contribution in [1.29, 1.82) is 0 Å². The van der Waals surface area contributed by atoms with Crippen LogP contribution in [0.25, 0.3) is 0 Å². The van der Waals surface area contributed by atoms with E-state index in [0.717, 1.165) is 25.5 Å². The second-order valence-electron chi connectivity index (χ2n) is 7.20. The second-order valence-corrected chi connectivity index (χ2v) is 9.10. The zero-order valence-corrected chi connectivity index (χ0v) is 17.9. The molecule has 28 heavy (non-hydrogen) atoms. The Balaban J connectivity index is 1.86. The molecule has 1 aromatic carbocycles. The van der Waals surface area contributed by atoms with E-state index < -0.39 is 10.0 Å². The first kappa shape index (κ1) is 22.3. The molecule has 0 fully saturated rings. The Kier molecular flexibility index (Phi) is 8.41. The van der Waals surface area contributed by atoms with Crippen molar-refractivity contribution < 1.29 is 22.7 Å². The number of amides is 1. The summed E-state index contributed by atoms with van der Waals surface area (Å²) in [5, 5.41) is 2.99. The van der Waals surface area contributed by atoms with Crippen LogP contribution in [0.5, 0.6) is 11.5 Å². The molecule has 0 saturated carbocycles. The van der Waals surface area contributed by atoms with Gasteiger partial charge in [0.25, 0.3) is 0 Å². The average Bonchev–Trinajstić information content (AvgIpc) is 3.12. The number of carbonyl (C=O) groups excluding carboxylic acids is 1. The van der Waals surface area contributed by atoms with Crippen LogP contribution in [0.2, 0.25) is 0 Å². The Hall–Kier alpha value is -1.96. The van der Waals surface area contributed by atoms with Crippen molar-refractivity contribution in [2.45, 2.75) is 52.4 Å².